The van der Waals surface area contributed by atoms with Gasteiger partial charge in [0.05, 0.1) is 15.6 Å². The van der Waals surface area contributed by atoms with Gasteiger partial charge in [0.15, 0.2) is 5.16 Å². The number of halogens is 1. The maximum atomic E-state index is 8.94. The Bertz CT molecular complexity index is 887. The SMILES string of the molecule is CC(Sc1nc(N)cc(C#N)n1)c1cc2ccsc2c(Cl)n1. The van der Waals surface area contributed by atoms with Crippen molar-refractivity contribution in [2.45, 2.75) is 17.3 Å². The molecule has 8 heteroatoms. The number of nitrogens with zero attached hydrogens (tertiary/aromatic N) is 4. The van der Waals surface area contributed by atoms with Crippen LogP contribution in [0.3, 0.4) is 0 Å². The van der Waals surface area contributed by atoms with Crippen LogP contribution in [0.15, 0.2) is 28.7 Å². The highest BCUT2D eigenvalue weighted by Crippen LogP contribution is 2.36. The topological polar surface area (TPSA) is 88.5 Å². The van der Waals surface area contributed by atoms with E-state index < -0.39 is 0 Å². The average molecular weight is 348 g/mol. The first-order valence-electron chi connectivity index (χ1n) is 6.32. The summed E-state index contributed by atoms with van der Waals surface area (Å²) in [5, 5.41) is 12.9. The number of nitrogen functional groups attached to an aromatic ring is 1. The van der Waals surface area contributed by atoms with Gasteiger partial charge in [-0.1, -0.05) is 23.4 Å². The van der Waals surface area contributed by atoms with E-state index in [1.165, 1.54) is 17.8 Å². The minimum absolute atomic E-state index is 0.0184. The third kappa shape index (κ3) is 2.99. The number of thioether (sulfide) groups is 1. The van der Waals surface area contributed by atoms with Gasteiger partial charge in [-0.15, -0.1) is 11.3 Å². The summed E-state index contributed by atoms with van der Waals surface area (Å²) in [5.41, 5.74) is 6.77. The van der Waals surface area contributed by atoms with Crippen molar-refractivity contribution in [2.24, 2.45) is 0 Å². The standard InChI is InChI=1S/C14H10ClN5S2/c1-7(22-14-18-9(6-16)5-11(17)20-14)10-4-8-2-3-21-12(8)13(15)19-10/h2-5,7H,1H3,(H2,17,18,20). The molecule has 3 aromatic rings. The van der Waals surface area contributed by atoms with Gasteiger partial charge in [0.2, 0.25) is 0 Å². The lowest BCUT2D eigenvalue weighted by atomic mass is 10.2. The van der Waals surface area contributed by atoms with E-state index in [9.17, 15) is 0 Å². The molecule has 1 atom stereocenters. The number of anilines is 1. The number of hydrogen-bond donors (Lipinski definition) is 1. The second kappa shape index (κ2) is 6.08. The molecule has 0 aromatic carbocycles. The summed E-state index contributed by atoms with van der Waals surface area (Å²) >= 11 is 9.18. The van der Waals surface area contributed by atoms with Gasteiger partial charge in [-0.3, -0.25) is 0 Å². The van der Waals surface area contributed by atoms with E-state index in [1.807, 2.05) is 30.5 Å². The highest BCUT2D eigenvalue weighted by molar-refractivity contribution is 7.99. The predicted molar refractivity (Wildman–Crippen MR) is 90.1 cm³/mol. The van der Waals surface area contributed by atoms with Crippen LogP contribution < -0.4 is 5.73 Å². The molecule has 0 amide bonds. The predicted octanol–water partition coefficient (Wildman–Crippen LogP) is 4.05. The number of aromatic nitrogens is 3. The minimum Gasteiger partial charge on any atom is -0.384 e. The van der Waals surface area contributed by atoms with Crippen molar-refractivity contribution in [1.29, 1.82) is 5.26 Å². The summed E-state index contributed by atoms with van der Waals surface area (Å²) in [5.74, 6) is 0.278. The molecule has 1 unspecified atom stereocenters. The number of rotatable bonds is 3. The first-order valence-corrected chi connectivity index (χ1v) is 8.45. The molecule has 0 spiro atoms. The van der Waals surface area contributed by atoms with Crippen molar-refractivity contribution >= 4 is 50.6 Å². The summed E-state index contributed by atoms with van der Waals surface area (Å²) in [6, 6.07) is 7.44. The van der Waals surface area contributed by atoms with E-state index in [1.54, 1.807) is 11.3 Å². The summed E-state index contributed by atoms with van der Waals surface area (Å²) in [6.45, 7) is 1.99. The molecule has 22 heavy (non-hydrogen) atoms. The van der Waals surface area contributed by atoms with Crippen LogP contribution in [-0.2, 0) is 0 Å². The fourth-order valence-corrected chi connectivity index (χ4v) is 3.90. The molecule has 0 saturated carbocycles. The fourth-order valence-electron chi connectivity index (χ4n) is 1.94. The third-order valence-corrected chi connectivity index (χ3v) is 5.26. The molecule has 3 aromatic heterocycles. The van der Waals surface area contributed by atoms with Crippen molar-refractivity contribution in [2.75, 3.05) is 5.73 Å². The largest absolute Gasteiger partial charge is 0.384 e. The molecule has 5 nitrogen and oxygen atoms in total. The van der Waals surface area contributed by atoms with E-state index in [2.05, 4.69) is 15.0 Å². The second-order valence-corrected chi connectivity index (χ2v) is 7.09. The first kappa shape index (κ1) is 15.0. The normalized spacial score (nSPS) is 12.2. The molecule has 0 saturated heterocycles. The van der Waals surface area contributed by atoms with Gasteiger partial charge in [0.1, 0.15) is 22.7 Å². The summed E-state index contributed by atoms with van der Waals surface area (Å²) < 4.78 is 0.981. The maximum absolute atomic E-state index is 8.94. The first-order chi connectivity index (χ1) is 10.6. The van der Waals surface area contributed by atoms with Crippen molar-refractivity contribution in [3.05, 3.63) is 40.1 Å². The van der Waals surface area contributed by atoms with Crippen LogP contribution >= 0.6 is 34.7 Å². The Kier molecular flexibility index (Phi) is 4.16. The van der Waals surface area contributed by atoms with Gasteiger partial charge in [-0.25, -0.2) is 15.0 Å². The zero-order valence-electron chi connectivity index (χ0n) is 11.4. The number of thiophene rings is 1. The van der Waals surface area contributed by atoms with Crippen molar-refractivity contribution in [3.8, 4) is 6.07 Å². The molecule has 110 valence electrons. The van der Waals surface area contributed by atoms with E-state index in [-0.39, 0.29) is 16.8 Å². The molecule has 3 heterocycles. The number of nitriles is 1. The Morgan fingerprint density at radius 1 is 1.36 bits per heavy atom. The molecule has 0 aliphatic carbocycles. The van der Waals surface area contributed by atoms with Crippen molar-refractivity contribution in [1.82, 2.24) is 15.0 Å². The molecule has 0 aliphatic rings. The fraction of sp³-hybridized carbons (Fsp3) is 0.143. The molecular weight excluding hydrogens is 338 g/mol. The lowest BCUT2D eigenvalue weighted by molar-refractivity contribution is 0.937. The van der Waals surface area contributed by atoms with Crippen LogP contribution in [0.25, 0.3) is 10.1 Å². The summed E-state index contributed by atoms with van der Waals surface area (Å²) in [6.07, 6.45) is 0. The van der Waals surface area contributed by atoms with Crippen molar-refractivity contribution in [3.63, 3.8) is 0 Å². The Morgan fingerprint density at radius 2 is 2.18 bits per heavy atom. The summed E-state index contributed by atoms with van der Waals surface area (Å²) in [4.78, 5) is 12.7. The van der Waals surface area contributed by atoms with Crippen LogP contribution in [0.1, 0.15) is 23.6 Å². The minimum atomic E-state index is -0.0184. The molecule has 0 radical (unpaired) electrons. The van der Waals surface area contributed by atoms with Crippen molar-refractivity contribution < 1.29 is 0 Å². The van der Waals surface area contributed by atoms with E-state index in [4.69, 9.17) is 22.6 Å². The maximum Gasteiger partial charge on any atom is 0.191 e. The monoisotopic (exact) mass is 347 g/mol. The van der Waals surface area contributed by atoms with Gasteiger partial charge in [-0.2, -0.15) is 5.26 Å². The Balaban J connectivity index is 1.91. The highest BCUT2D eigenvalue weighted by Gasteiger charge is 2.15. The van der Waals surface area contributed by atoms with Gasteiger partial charge >= 0.3 is 0 Å². The van der Waals surface area contributed by atoms with Crippen LogP contribution in [-0.4, -0.2) is 15.0 Å². The lowest BCUT2D eigenvalue weighted by Gasteiger charge is -2.11. The molecule has 0 bridgehead atoms. The highest BCUT2D eigenvalue weighted by atomic mass is 35.5. The lowest BCUT2D eigenvalue weighted by Crippen LogP contribution is -2.00. The number of fused-ring (bicyclic) bond motifs is 1. The third-order valence-electron chi connectivity index (χ3n) is 2.95. The zero-order valence-corrected chi connectivity index (χ0v) is 13.8. The van der Waals surface area contributed by atoms with E-state index in [0.29, 0.717) is 10.3 Å². The zero-order chi connectivity index (χ0) is 15.7. The molecule has 0 aliphatic heterocycles. The number of nitrogens with two attached hydrogens (primary N) is 1. The van der Waals surface area contributed by atoms with Gasteiger partial charge in [-0.05, 0) is 29.8 Å². The summed E-state index contributed by atoms with van der Waals surface area (Å²) in [7, 11) is 0. The smallest absolute Gasteiger partial charge is 0.191 e. The van der Waals surface area contributed by atoms with Gasteiger partial charge in [0, 0.05) is 6.07 Å². The quantitative estimate of drug-likeness (QED) is 0.437. The van der Waals surface area contributed by atoms with Gasteiger partial charge < -0.3 is 5.73 Å². The Hall–Kier alpha value is -1.88. The van der Waals surface area contributed by atoms with Crippen LogP contribution in [0.2, 0.25) is 5.15 Å². The average Bonchev–Trinajstić information content (AvgIpc) is 2.95. The Morgan fingerprint density at radius 3 is 2.95 bits per heavy atom. The number of hydrogen-bond acceptors (Lipinski definition) is 7. The molecular formula is C14H10ClN5S2. The van der Waals surface area contributed by atoms with Crippen LogP contribution in [0.5, 0.6) is 0 Å². The molecule has 3 rings (SSSR count). The van der Waals surface area contributed by atoms with E-state index in [0.717, 1.165) is 15.8 Å². The Labute approximate surface area is 140 Å². The molecule has 0 fully saturated rings. The number of pyridine rings is 1. The second-order valence-electron chi connectivity index (χ2n) is 4.51. The van der Waals surface area contributed by atoms with E-state index >= 15 is 0 Å². The van der Waals surface area contributed by atoms with Gasteiger partial charge in [0.25, 0.3) is 0 Å². The van der Waals surface area contributed by atoms with Crippen LogP contribution in [0, 0.1) is 11.3 Å². The molecule has 2 N–H and O–H groups in total. The van der Waals surface area contributed by atoms with Crippen LogP contribution in [0.4, 0.5) is 5.82 Å².